The molecule has 0 aromatic rings. The number of likely N-dealkylation sites (tertiary alicyclic amines) is 1. The number of nitrogens with zero attached hydrogens (tertiary/aromatic N) is 1. The van der Waals surface area contributed by atoms with Crippen molar-refractivity contribution >= 4 is 0 Å². The van der Waals surface area contributed by atoms with Crippen LogP contribution in [0.25, 0.3) is 0 Å². The Morgan fingerprint density at radius 3 is 1.87 bits per heavy atom. The lowest BCUT2D eigenvalue weighted by Gasteiger charge is -2.25. The summed E-state index contributed by atoms with van der Waals surface area (Å²) in [6, 6.07) is 0. The van der Waals surface area contributed by atoms with Crippen molar-refractivity contribution in [2.75, 3.05) is 32.7 Å². The SMILES string of the molecule is C1CCNCC1.CCCN1CCCCC1. The Morgan fingerprint density at radius 1 is 0.867 bits per heavy atom. The van der Waals surface area contributed by atoms with Gasteiger partial charge in [-0.15, -0.1) is 0 Å². The molecule has 2 aliphatic rings. The highest BCUT2D eigenvalue weighted by atomic mass is 15.1. The topological polar surface area (TPSA) is 15.3 Å². The highest BCUT2D eigenvalue weighted by molar-refractivity contribution is 4.62. The van der Waals surface area contributed by atoms with Gasteiger partial charge < -0.3 is 10.2 Å². The molecule has 2 saturated heterocycles. The third-order valence-corrected chi connectivity index (χ3v) is 3.20. The van der Waals surface area contributed by atoms with Crippen LogP contribution in [0, 0.1) is 0 Å². The lowest BCUT2D eigenvalue weighted by molar-refractivity contribution is 0.229. The molecule has 2 fully saturated rings. The Kier molecular flexibility index (Phi) is 7.94. The molecule has 0 aromatic heterocycles. The molecule has 0 aliphatic carbocycles. The van der Waals surface area contributed by atoms with Crippen LogP contribution in [0.1, 0.15) is 51.9 Å². The molecule has 2 aliphatic heterocycles. The van der Waals surface area contributed by atoms with Gasteiger partial charge in [-0.05, 0) is 64.8 Å². The second-order valence-corrected chi connectivity index (χ2v) is 4.71. The molecule has 2 rings (SSSR count). The maximum Gasteiger partial charge on any atom is -0.00187 e. The van der Waals surface area contributed by atoms with Crippen molar-refractivity contribution in [2.24, 2.45) is 0 Å². The molecular formula is C13H28N2. The molecule has 0 amide bonds. The maximum absolute atomic E-state index is 3.28. The highest BCUT2D eigenvalue weighted by Crippen LogP contribution is 2.07. The van der Waals surface area contributed by atoms with Gasteiger partial charge in [0.1, 0.15) is 0 Å². The van der Waals surface area contributed by atoms with E-state index in [1.54, 1.807) is 0 Å². The summed E-state index contributed by atoms with van der Waals surface area (Å²) in [6.07, 6.45) is 9.85. The second-order valence-electron chi connectivity index (χ2n) is 4.71. The number of piperidine rings is 2. The largest absolute Gasteiger partial charge is 0.317 e. The summed E-state index contributed by atoms with van der Waals surface area (Å²) < 4.78 is 0. The first-order valence-electron chi connectivity index (χ1n) is 6.86. The van der Waals surface area contributed by atoms with E-state index in [0.717, 1.165) is 0 Å². The number of hydrogen-bond acceptors (Lipinski definition) is 2. The van der Waals surface area contributed by atoms with Gasteiger partial charge in [0.05, 0.1) is 0 Å². The van der Waals surface area contributed by atoms with Gasteiger partial charge in [0, 0.05) is 0 Å². The number of hydrogen-bond donors (Lipinski definition) is 1. The van der Waals surface area contributed by atoms with E-state index in [-0.39, 0.29) is 0 Å². The molecule has 15 heavy (non-hydrogen) atoms. The van der Waals surface area contributed by atoms with E-state index in [1.807, 2.05) is 0 Å². The minimum absolute atomic E-state index is 1.25. The normalized spacial score (nSPS) is 23.0. The Morgan fingerprint density at radius 2 is 1.47 bits per heavy atom. The molecule has 0 unspecified atom stereocenters. The zero-order valence-corrected chi connectivity index (χ0v) is 10.4. The third kappa shape index (κ3) is 6.91. The Labute approximate surface area is 95.4 Å². The summed E-state index contributed by atoms with van der Waals surface area (Å²) in [5, 5.41) is 3.28. The summed E-state index contributed by atoms with van der Waals surface area (Å²) >= 11 is 0. The average molecular weight is 212 g/mol. The molecule has 2 heterocycles. The van der Waals surface area contributed by atoms with E-state index in [2.05, 4.69) is 17.1 Å². The zero-order valence-electron chi connectivity index (χ0n) is 10.4. The third-order valence-electron chi connectivity index (χ3n) is 3.20. The van der Waals surface area contributed by atoms with Crippen LogP contribution >= 0.6 is 0 Å². The first kappa shape index (κ1) is 13.0. The summed E-state index contributed by atoms with van der Waals surface area (Å²) in [4.78, 5) is 2.57. The maximum atomic E-state index is 3.28. The molecule has 90 valence electrons. The molecule has 0 radical (unpaired) electrons. The highest BCUT2D eigenvalue weighted by Gasteiger charge is 2.07. The van der Waals surface area contributed by atoms with E-state index in [0.29, 0.717) is 0 Å². The van der Waals surface area contributed by atoms with Crippen LogP contribution in [0.3, 0.4) is 0 Å². The fourth-order valence-corrected chi connectivity index (χ4v) is 2.30. The molecular weight excluding hydrogens is 184 g/mol. The van der Waals surface area contributed by atoms with Crippen molar-refractivity contribution in [1.82, 2.24) is 10.2 Å². The fraction of sp³-hybridized carbons (Fsp3) is 1.00. The zero-order chi connectivity index (χ0) is 10.8. The van der Waals surface area contributed by atoms with Crippen molar-refractivity contribution < 1.29 is 0 Å². The van der Waals surface area contributed by atoms with Crippen molar-refractivity contribution in [3.05, 3.63) is 0 Å². The van der Waals surface area contributed by atoms with Crippen LogP contribution in [-0.2, 0) is 0 Å². The van der Waals surface area contributed by atoms with Gasteiger partial charge in [-0.2, -0.15) is 0 Å². The Hall–Kier alpha value is -0.0800. The summed E-state index contributed by atoms with van der Waals surface area (Å²) in [5.41, 5.74) is 0. The van der Waals surface area contributed by atoms with Crippen molar-refractivity contribution in [2.45, 2.75) is 51.9 Å². The van der Waals surface area contributed by atoms with Gasteiger partial charge >= 0.3 is 0 Å². The lowest BCUT2D eigenvalue weighted by atomic mass is 10.1. The standard InChI is InChI=1S/C8H17N.C5H11N/c1-2-6-9-7-4-3-5-8-9;1-2-4-6-5-3-1/h2-8H2,1H3;6H,1-5H2. The summed E-state index contributed by atoms with van der Waals surface area (Å²) in [5.74, 6) is 0. The van der Waals surface area contributed by atoms with E-state index >= 15 is 0 Å². The molecule has 0 saturated carbocycles. The molecule has 0 aromatic carbocycles. The quantitative estimate of drug-likeness (QED) is 0.757. The van der Waals surface area contributed by atoms with E-state index < -0.39 is 0 Å². The predicted molar refractivity (Wildman–Crippen MR) is 67.3 cm³/mol. The average Bonchev–Trinajstić information content (AvgIpc) is 2.34. The van der Waals surface area contributed by atoms with Gasteiger partial charge in [0.15, 0.2) is 0 Å². The minimum atomic E-state index is 1.25. The van der Waals surface area contributed by atoms with Crippen LogP contribution in [0.2, 0.25) is 0 Å². The molecule has 0 bridgehead atoms. The van der Waals surface area contributed by atoms with E-state index in [1.165, 1.54) is 77.7 Å². The smallest absolute Gasteiger partial charge is 0.00187 e. The van der Waals surface area contributed by atoms with Crippen molar-refractivity contribution in [3.8, 4) is 0 Å². The predicted octanol–water partition coefficient (Wildman–Crippen LogP) is 2.64. The van der Waals surface area contributed by atoms with Gasteiger partial charge in [-0.1, -0.05) is 19.8 Å². The van der Waals surface area contributed by atoms with Gasteiger partial charge in [0.25, 0.3) is 0 Å². The molecule has 0 atom stereocenters. The first-order chi connectivity index (χ1) is 7.43. The Bertz CT molecular complexity index is 112. The number of rotatable bonds is 2. The van der Waals surface area contributed by atoms with Crippen molar-refractivity contribution in [3.63, 3.8) is 0 Å². The van der Waals surface area contributed by atoms with Crippen LogP contribution < -0.4 is 5.32 Å². The molecule has 1 N–H and O–H groups in total. The van der Waals surface area contributed by atoms with Gasteiger partial charge in [-0.3, -0.25) is 0 Å². The molecule has 2 nitrogen and oxygen atoms in total. The monoisotopic (exact) mass is 212 g/mol. The molecule has 0 spiro atoms. The van der Waals surface area contributed by atoms with E-state index in [9.17, 15) is 0 Å². The van der Waals surface area contributed by atoms with E-state index in [4.69, 9.17) is 0 Å². The van der Waals surface area contributed by atoms with Crippen LogP contribution in [0.4, 0.5) is 0 Å². The minimum Gasteiger partial charge on any atom is -0.317 e. The first-order valence-corrected chi connectivity index (χ1v) is 6.86. The lowest BCUT2D eigenvalue weighted by Crippen LogP contribution is -2.30. The number of nitrogens with one attached hydrogen (secondary N) is 1. The van der Waals surface area contributed by atoms with Crippen LogP contribution in [-0.4, -0.2) is 37.6 Å². The van der Waals surface area contributed by atoms with Crippen LogP contribution in [0.5, 0.6) is 0 Å². The summed E-state index contributed by atoms with van der Waals surface area (Å²) in [6.45, 7) is 8.79. The Balaban J connectivity index is 0.000000162. The van der Waals surface area contributed by atoms with Crippen molar-refractivity contribution in [1.29, 1.82) is 0 Å². The van der Waals surface area contributed by atoms with Crippen LogP contribution in [0.15, 0.2) is 0 Å². The fourth-order valence-electron chi connectivity index (χ4n) is 2.30. The summed E-state index contributed by atoms with van der Waals surface area (Å²) in [7, 11) is 0. The second kappa shape index (κ2) is 9.17. The van der Waals surface area contributed by atoms with Gasteiger partial charge in [-0.25, -0.2) is 0 Å². The molecule has 2 heteroatoms. The van der Waals surface area contributed by atoms with Gasteiger partial charge in [0.2, 0.25) is 0 Å².